The number of methoxy groups -OCH3 is 1. The van der Waals surface area contributed by atoms with Crippen LogP contribution in [0.3, 0.4) is 0 Å². The second kappa shape index (κ2) is 4.81. The van der Waals surface area contributed by atoms with E-state index in [-0.39, 0.29) is 0 Å². The standard InChI is InChI=1S/C13H12N4OS/c1-18-9-3-5-12(15-7-9)19-13-16-10-4-2-8(14)6-11(10)17-13/h2-7H,14H2,1H3,(H,16,17). The Morgan fingerprint density at radius 1 is 1.26 bits per heavy atom. The van der Waals surface area contributed by atoms with Crippen molar-refractivity contribution in [1.82, 2.24) is 15.0 Å². The number of benzene rings is 1. The number of aromatic amines is 1. The van der Waals surface area contributed by atoms with Crippen molar-refractivity contribution in [3.63, 3.8) is 0 Å². The minimum Gasteiger partial charge on any atom is -0.495 e. The molecule has 0 aliphatic rings. The summed E-state index contributed by atoms with van der Waals surface area (Å²) in [6.07, 6.45) is 1.68. The number of hydrogen-bond donors (Lipinski definition) is 2. The zero-order valence-corrected chi connectivity index (χ0v) is 11.1. The van der Waals surface area contributed by atoms with Crippen molar-refractivity contribution in [3.05, 3.63) is 36.5 Å². The Morgan fingerprint density at radius 3 is 2.89 bits per heavy atom. The van der Waals surface area contributed by atoms with Crippen LogP contribution in [-0.4, -0.2) is 22.1 Å². The molecule has 0 fully saturated rings. The topological polar surface area (TPSA) is 76.8 Å². The van der Waals surface area contributed by atoms with Crippen molar-refractivity contribution >= 4 is 28.5 Å². The molecule has 0 amide bonds. The highest BCUT2D eigenvalue weighted by Gasteiger charge is 2.06. The van der Waals surface area contributed by atoms with Crippen LogP contribution < -0.4 is 10.5 Å². The molecule has 2 aromatic heterocycles. The SMILES string of the molecule is COc1ccc(Sc2nc3ccc(N)cc3[nH]2)nc1. The second-order valence-corrected chi connectivity index (χ2v) is 4.97. The summed E-state index contributed by atoms with van der Waals surface area (Å²) in [5.74, 6) is 0.738. The highest BCUT2D eigenvalue weighted by atomic mass is 32.2. The zero-order chi connectivity index (χ0) is 13.2. The van der Waals surface area contributed by atoms with Gasteiger partial charge in [0.1, 0.15) is 10.8 Å². The number of aromatic nitrogens is 3. The van der Waals surface area contributed by atoms with Crippen LogP contribution in [-0.2, 0) is 0 Å². The molecule has 0 aliphatic heterocycles. The summed E-state index contributed by atoms with van der Waals surface area (Å²) in [4.78, 5) is 12.0. The van der Waals surface area contributed by atoms with Gasteiger partial charge in [0.15, 0.2) is 5.16 Å². The number of hydrogen-bond acceptors (Lipinski definition) is 5. The average Bonchev–Trinajstić information content (AvgIpc) is 2.81. The predicted octanol–water partition coefficient (Wildman–Crippen LogP) is 2.70. The first-order chi connectivity index (χ1) is 9.24. The molecule has 0 saturated heterocycles. The average molecular weight is 272 g/mol. The summed E-state index contributed by atoms with van der Waals surface area (Å²) in [5.41, 5.74) is 8.28. The maximum absolute atomic E-state index is 5.74. The van der Waals surface area contributed by atoms with Crippen LogP contribution in [0.15, 0.2) is 46.7 Å². The number of nitrogens with zero attached hydrogens (tertiary/aromatic N) is 2. The number of nitrogen functional groups attached to an aromatic ring is 1. The lowest BCUT2D eigenvalue weighted by atomic mass is 10.3. The fourth-order valence-electron chi connectivity index (χ4n) is 1.70. The van der Waals surface area contributed by atoms with Crippen molar-refractivity contribution in [1.29, 1.82) is 0 Å². The van der Waals surface area contributed by atoms with Gasteiger partial charge in [-0.2, -0.15) is 0 Å². The summed E-state index contributed by atoms with van der Waals surface area (Å²) < 4.78 is 5.07. The molecule has 5 nitrogen and oxygen atoms in total. The van der Waals surface area contributed by atoms with Crippen molar-refractivity contribution < 1.29 is 4.74 Å². The number of imidazole rings is 1. The Hall–Kier alpha value is -2.21. The number of ether oxygens (including phenoxy) is 1. The molecule has 2 heterocycles. The minimum atomic E-state index is 0.718. The molecule has 96 valence electrons. The monoisotopic (exact) mass is 272 g/mol. The van der Waals surface area contributed by atoms with E-state index in [4.69, 9.17) is 10.5 Å². The molecule has 3 N–H and O–H groups in total. The van der Waals surface area contributed by atoms with E-state index >= 15 is 0 Å². The molecule has 0 spiro atoms. The van der Waals surface area contributed by atoms with Crippen LogP contribution in [0.5, 0.6) is 5.75 Å². The van der Waals surface area contributed by atoms with Gasteiger partial charge in [0.2, 0.25) is 0 Å². The number of nitrogens with two attached hydrogens (primary N) is 1. The molecule has 0 atom stereocenters. The van der Waals surface area contributed by atoms with Gasteiger partial charge >= 0.3 is 0 Å². The lowest BCUT2D eigenvalue weighted by Crippen LogP contribution is -1.85. The Morgan fingerprint density at radius 2 is 2.16 bits per heavy atom. The summed E-state index contributed by atoms with van der Waals surface area (Å²) in [5, 5.41) is 1.64. The number of H-pyrrole nitrogens is 1. The highest BCUT2D eigenvalue weighted by molar-refractivity contribution is 7.99. The van der Waals surface area contributed by atoms with E-state index in [0.717, 1.165) is 32.7 Å². The second-order valence-electron chi connectivity index (χ2n) is 3.96. The van der Waals surface area contributed by atoms with E-state index in [2.05, 4.69) is 15.0 Å². The molecule has 0 radical (unpaired) electrons. The van der Waals surface area contributed by atoms with Crippen molar-refractivity contribution in [2.24, 2.45) is 0 Å². The minimum absolute atomic E-state index is 0.718. The number of rotatable bonds is 3. The predicted molar refractivity (Wildman–Crippen MR) is 75.4 cm³/mol. The fourth-order valence-corrected chi connectivity index (χ4v) is 2.44. The van der Waals surface area contributed by atoms with E-state index in [1.165, 1.54) is 11.8 Å². The third-order valence-corrected chi connectivity index (χ3v) is 3.47. The lowest BCUT2D eigenvalue weighted by Gasteiger charge is -1.99. The van der Waals surface area contributed by atoms with E-state index in [0.29, 0.717) is 0 Å². The van der Waals surface area contributed by atoms with Gasteiger partial charge in [-0.15, -0.1) is 0 Å². The first-order valence-electron chi connectivity index (χ1n) is 5.68. The van der Waals surface area contributed by atoms with Gasteiger partial charge in [0.25, 0.3) is 0 Å². The zero-order valence-electron chi connectivity index (χ0n) is 10.3. The van der Waals surface area contributed by atoms with E-state index in [9.17, 15) is 0 Å². The quantitative estimate of drug-likeness (QED) is 0.717. The van der Waals surface area contributed by atoms with Gasteiger partial charge in [-0.25, -0.2) is 9.97 Å². The molecule has 0 unspecified atom stereocenters. The summed E-state index contributed by atoms with van der Waals surface area (Å²) in [6, 6.07) is 9.37. The number of fused-ring (bicyclic) bond motifs is 1. The Labute approximate surface area is 114 Å². The van der Waals surface area contributed by atoms with Crippen molar-refractivity contribution in [3.8, 4) is 5.75 Å². The third-order valence-electron chi connectivity index (χ3n) is 2.63. The van der Waals surface area contributed by atoms with Gasteiger partial charge in [-0.05, 0) is 42.1 Å². The van der Waals surface area contributed by atoms with Crippen LogP contribution >= 0.6 is 11.8 Å². The summed E-state index contributed by atoms with van der Waals surface area (Å²) >= 11 is 1.46. The Balaban J connectivity index is 1.87. The molecule has 0 bridgehead atoms. The van der Waals surface area contributed by atoms with Crippen LogP contribution in [0.4, 0.5) is 5.69 Å². The van der Waals surface area contributed by atoms with E-state index < -0.39 is 0 Å². The van der Waals surface area contributed by atoms with Crippen LogP contribution in [0.2, 0.25) is 0 Å². The summed E-state index contributed by atoms with van der Waals surface area (Å²) in [7, 11) is 1.62. The highest BCUT2D eigenvalue weighted by Crippen LogP contribution is 2.27. The van der Waals surface area contributed by atoms with Gasteiger partial charge in [0, 0.05) is 5.69 Å². The van der Waals surface area contributed by atoms with Crippen LogP contribution in [0.1, 0.15) is 0 Å². The van der Waals surface area contributed by atoms with Gasteiger partial charge in [0.05, 0.1) is 24.3 Å². The molecular weight excluding hydrogens is 260 g/mol. The van der Waals surface area contributed by atoms with Gasteiger partial charge in [-0.3, -0.25) is 0 Å². The lowest BCUT2D eigenvalue weighted by molar-refractivity contribution is 0.412. The van der Waals surface area contributed by atoms with Crippen LogP contribution in [0.25, 0.3) is 11.0 Å². The molecule has 19 heavy (non-hydrogen) atoms. The van der Waals surface area contributed by atoms with Crippen molar-refractivity contribution in [2.75, 3.05) is 12.8 Å². The number of pyridine rings is 1. The Bertz CT molecular complexity index is 708. The molecule has 6 heteroatoms. The maximum atomic E-state index is 5.74. The maximum Gasteiger partial charge on any atom is 0.172 e. The van der Waals surface area contributed by atoms with E-state index in [1.54, 1.807) is 13.3 Å². The number of anilines is 1. The first kappa shape index (κ1) is 11.9. The fraction of sp³-hybridized carbons (Fsp3) is 0.0769. The van der Waals surface area contributed by atoms with Gasteiger partial charge in [-0.1, -0.05) is 0 Å². The van der Waals surface area contributed by atoms with Crippen LogP contribution in [0, 0.1) is 0 Å². The number of nitrogens with one attached hydrogen (secondary N) is 1. The molecule has 3 aromatic rings. The first-order valence-corrected chi connectivity index (χ1v) is 6.49. The van der Waals surface area contributed by atoms with Gasteiger partial charge < -0.3 is 15.5 Å². The molecule has 3 rings (SSSR count). The molecular formula is C13H12N4OS. The van der Waals surface area contributed by atoms with E-state index in [1.807, 2.05) is 30.3 Å². The molecule has 0 saturated carbocycles. The molecule has 0 aliphatic carbocycles. The molecule has 1 aromatic carbocycles. The largest absolute Gasteiger partial charge is 0.495 e. The van der Waals surface area contributed by atoms with Crippen molar-refractivity contribution in [2.45, 2.75) is 10.2 Å². The Kier molecular flexibility index (Phi) is 3.00. The third kappa shape index (κ3) is 2.48. The normalized spacial score (nSPS) is 10.8. The summed E-state index contributed by atoms with van der Waals surface area (Å²) in [6.45, 7) is 0. The smallest absolute Gasteiger partial charge is 0.172 e.